The van der Waals surface area contributed by atoms with Crippen molar-refractivity contribution in [3.8, 4) is 0 Å². The van der Waals surface area contributed by atoms with E-state index in [1.54, 1.807) is 11.8 Å². The van der Waals surface area contributed by atoms with Crippen LogP contribution in [0.4, 0.5) is 0 Å². The number of ether oxygens (including phenoxy) is 1. The molecule has 0 radical (unpaired) electrons. The van der Waals surface area contributed by atoms with Crippen LogP contribution in [0.5, 0.6) is 0 Å². The molecule has 76 valence electrons. The van der Waals surface area contributed by atoms with Crippen molar-refractivity contribution in [2.24, 2.45) is 0 Å². The lowest BCUT2D eigenvalue weighted by molar-refractivity contribution is -0.127. The van der Waals surface area contributed by atoms with Gasteiger partial charge >= 0.3 is 0 Å². The predicted octanol–water partition coefficient (Wildman–Crippen LogP) is 2.27. The van der Waals surface area contributed by atoms with Gasteiger partial charge in [0, 0.05) is 0 Å². The lowest BCUT2D eigenvalue weighted by Gasteiger charge is -2.21. The summed E-state index contributed by atoms with van der Waals surface area (Å²) in [6, 6.07) is 0. The fourth-order valence-corrected chi connectivity index (χ4v) is 2.64. The first kappa shape index (κ1) is 11.1. The molecule has 0 saturated carbocycles. The molecular weight excluding hydrogens is 184 g/mol. The molecule has 0 aromatic carbocycles. The van der Waals surface area contributed by atoms with E-state index in [4.69, 9.17) is 4.74 Å². The third kappa shape index (κ3) is 2.99. The molecular formula is C10H18O2S. The highest BCUT2D eigenvalue weighted by molar-refractivity contribution is 8.01. The van der Waals surface area contributed by atoms with Gasteiger partial charge in [0.1, 0.15) is 6.61 Å². The Hall–Kier alpha value is -0.0200. The highest BCUT2D eigenvalue weighted by Crippen LogP contribution is 2.38. The van der Waals surface area contributed by atoms with Gasteiger partial charge in [-0.3, -0.25) is 4.79 Å². The minimum absolute atomic E-state index is 0.152. The SMILES string of the molecule is CC(C)OCC(=O)C1(C)CCCS1. The maximum Gasteiger partial charge on any atom is 0.174 e. The van der Waals surface area contributed by atoms with Crippen molar-refractivity contribution in [2.45, 2.75) is 44.5 Å². The van der Waals surface area contributed by atoms with Crippen molar-refractivity contribution in [2.75, 3.05) is 12.4 Å². The maximum absolute atomic E-state index is 11.7. The van der Waals surface area contributed by atoms with Crippen molar-refractivity contribution in [3.05, 3.63) is 0 Å². The third-order valence-electron chi connectivity index (χ3n) is 2.36. The molecule has 0 N–H and O–H groups in total. The molecule has 1 atom stereocenters. The van der Waals surface area contributed by atoms with E-state index in [1.165, 1.54) is 0 Å². The van der Waals surface area contributed by atoms with Crippen molar-refractivity contribution in [1.29, 1.82) is 0 Å². The van der Waals surface area contributed by atoms with Crippen LogP contribution in [0.1, 0.15) is 33.6 Å². The van der Waals surface area contributed by atoms with E-state index in [0.29, 0.717) is 0 Å². The number of hydrogen-bond donors (Lipinski definition) is 0. The van der Waals surface area contributed by atoms with Crippen LogP contribution in [0.15, 0.2) is 0 Å². The van der Waals surface area contributed by atoms with E-state index in [-0.39, 0.29) is 23.2 Å². The summed E-state index contributed by atoms with van der Waals surface area (Å²) in [6.45, 7) is 6.23. The quantitative estimate of drug-likeness (QED) is 0.699. The second-order valence-electron chi connectivity index (χ2n) is 3.97. The molecule has 0 spiro atoms. The van der Waals surface area contributed by atoms with Gasteiger partial charge in [0.15, 0.2) is 5.78 Å². The largest absolute Gasteiger partial charge is 0.371 e. The van der Waals surface area contributed by atoms with Crippen LogP contribution in [0.3, 0.4) is 0 Å². The highest BCUT2D eigenvalue weighted by atomic mass is 32.2. The number of carbonyl (C=O) groups excluding carboxylic acids is 1. The molecule has 0 aromatic heterocycles. The van der Waals surface area contributed by atoms with E-state index in [9.17, 15) is 4.79 Å². The fraction of sp³-hybridized carbons (Fsp3) is 0.900. The van der Waals surface area contributed by atoms with E-state index >= 15 is 0 Å². The minimum Gasteiger partial charge on any atom is -0.371 e. The van der Waals surface area contributed by atoms with Gasteiger partial charge in [0.25, 0.3) is 0 Å². The van der Waals surface area contributed by atoms with Crippen LogP contribution in [-0.2, 0) is 9.53 Å². The van der Waals surface area contributed by atoms with Crippen molar-refractivity contribution >= 4 is 17.5 Å². The van der Waals surface area contributed by atoms with Crippen molar-refractivity contribution < 1.29 is 9.53 Å². The number of thioether (sulfide) groups is 1. The number of ketones is 1. The van der Waals surface area contributed by atoms with Crippen LogP contribution in [0, 0.1) is 0 Å². The van der Waals surface area contributed by atoms with Gasteiger partial charge < -0.3 is 4.74 Å². The molecule has 1 rings (SSSR count). The zero-order valence-corrected chi connectivity index (χ0v) is 9.45. The first-order valence-corrected chi connectivity index (χ1v) is 5.82. The normalized spacial score (nSPS) is 28.3. The molecule has 0 aromatic rings. The second-order valence-corrected chi connectivity index (χ2v) is 5.56. The minimum atomic E-state index is -0.158. The maximum atomic E-state index is 11.7. The Kier molecular flexibility index (Phi) is 3.80. The van der Waals surface area contributed by atoms with Gasteiger partial charge in [-0.2, -0.15) is 0 Å². The first-order valence-electron chi connectivity index (χ1n) is 4.83. The number of hydrogen-bond acceptors (Lipinski definition) is 3. The van der Waals surface area contributed by atoms with Crippen molar-refractivity contribution in [1.82, 2.24) is 0 Å². The van der Waals surface area contributed by atoms with Gasteiger partial charge in [-0.1, -0.05) is 0 Å². The average molecular weight is 202 g/mol. The highest BCUT2D eigenvalue weighted by Gasteiger charge is 2.36. The smallest absolute Gasteiger partial charge is 0.174 e. The molecule has 0 amide bonds. The molecule has 1 saturated heterocycles. The molecule has 13 heavy (non-hydrogen) atoms. The molecule has 1 aliphatic rings. The second kappa shape index (κ2) is 4.47. The molecule has 0 aliphatic carbocycles. The summed E-state index contributed by atoms with van der Waals surface area (Å²) in [4.78, 5) is 11.7. The molecule has 1 aliphatic heterocycles. The third-order valence-corrected chi connectivity index (χ3v) is 3.92. The first-order chi connectivity index (χ1) is 6.04. The summed E-state index contributed by atoms with van der Waals surface area (Å²) in [5.41, 5.74) is 0. The summed E-state index contributed by atoms with van der Waals surface area (Å²) in [6.07, 6.45) is 2.32. The van der Waals surface area contributed by atoms with Crippen LogP contribution in [0.25, 0.3) is 0 Å². The molecule has 1 fully saturated rings. The predicted molar refractivity (Wildman–Crippen MR) is 56.2 cm³/mol. The number of carbonyl (C=O) groups is 1. The number of rotatable bonds is 4. The average Bonchev–Trinajstić information content (AvgIpc) is 2.49. The van der Waals surface area contributed by atoms with Crippen LogP contribution >= 0.6 is 11.8 Å². The zero-order valence-electron chi connectivity index (χ0n) is 8.63. The molecule has 0 bridgehead atoms. The van der Waals surface area contributed by atoms with Crippen LogP contribution in [0.2, 0.25) is 0 Å². The van der Waals surface area contributed by atoms with E-state index in [1.807, 2.05) is 20.8 Å². The zero-order chi connectivity index (χ0) is 9.90. The molecule has 2 nitrogen and oxygen atoms in total. The summed E-state index contributed by atoms with van der Waals surface area (Å²) in [5.74, 6) is 1.37. The molecule has 3 heteroatoms. The van der Waals surface area contributed by atoms with Gasteiger partial charge in [0.05, 0.1) is 10.9 Å². The van der Waals surface area contributed by atoms with Crippen LogP contribution < -0.4 is 0 Å². The standard InChI is InChI=1S/C10H18O2S/c1-8(2)12-7-9(11)10(3)5-4-6-13-10/h8H,4-7H2,1-3H3. The Morgan fingerprint density at radius 2 is 2.31 bits per heavy atom. The lowest BCUT2D eigenvalue weighted by Crippen LogP contribution is -2.33. The number of Topliss-reactive ketones (excluding diaryl/α,β-unsaturated/α-hetero) is 1. The summed E-state index contributed by atoms with van der Waals surface area (Å²) in [7, 11) is 0. The Labute approximate surface area is 84.4 Å². The van der Waals surface area contributed by atoms with Gasteiger partial charge in [-0.15, -0.1) is 11.8 Å². The Morgan fingerprint density at radius 1 is 1.62 bits per heavy atom. The summed E-state index contributed by atoms with van der Waals surface area (Å²) < 4.78 is 5.16. The van der Waals surface area contributed by atoms with Gasteiger partial charge in [-0.05, 0) is 39.4 Å². The topological polar surface area (TPSA) is 26.3 Å². The Morgan fingerprint density at radius 3 is 2.77 bits per heavy atom. The van der Waals surface area contributed by atoms with E-state index in [0.717, 1.165) is 18.6 Å². The monoisotopic (exact) mass is 202 g/mol. The summed E-state index contributed by atoms with van der Waals surface area (Å²) in [5, 5.41) is 0. The molecule has 1 heterocycles. The molecule has 1 unspecified atom stereocenters. The summed E-state index contributed by atoms with van der Waals surface area (Å²) >= 11 is 1.77. The Bertz CT molecular complexity index is 183. The van der Waals surface area contributed by atoms with Gasteiger partial charge in [0.2, 0.25) is 0 Å². The fourth-order valence-electron chi connectivity index (χ4n) is 1.39. The van der Waals surface area contributed by atoms with Crippen molar-refractivity contribution in [3.63, 3.8) is 0 Å². The van der Waals surface area contributed by atoms with E-state index in [2.05, 4.69) is 0 Å². The van der Waals surface area contributed by atoms with E-state index < -0.39 is 0 Å². The van der Waals surface area contributed by atoms with Crippen LogP contribution in [-0.4, -0.2) is 29.0 Å². The lowest BCUT2D eigenvalue weighted by atomic mass is 10.0. The Balaban J connectivity index is 2.38. The van der Waals surface area contributed by atoms with Gasteiger partial charge in [-0.25, -0.2) is 0 Å².